The van der Waals surface area contributed by atoms with Gasteiger partial charge in [0.15, 0.2) is 6.29 Å². The predicted molar refractivity (Wildman–Crippen MR) is 124 cm³/mol. The molecule has 6 heteroatoms. The van der Waals surface area contributed by atoms with Gasteiger partial charge in [0.2, 0.25) is 0 Å². The molecule has 12 unspecified atom stereocenters. The standard InChI is InChI=1S/C27H44O6/c1-15(28)19-9-12-27(31)21-6-5-17-13-18(33-23-14-22(29)24(30)16(2)32-23)7-10-25(17,3)20(21)8-11-26(19,27)4/h5,15-16,18-24,28-31H,6-14H2,1-4H3. The van der Waals surface area contributed by atoms with Crippen LogP contribution in [0.25, 0.3) is 0 Å². The Bertz CT molecular complexity index is 771. The molecule has 1 aliphatic heterocycles. The molecule has 4 aliphatic carbocycles. The maximum Gasteiger partial charge on any atom is 0.161 e. The molecule has 12 atom stereocenters. The van der Waals surface area contributed by atoms with E-state index < -0.39 is 30.2 Å². The van der Waals surface area contributed by atoms with Gasteiger partial charge in [0, 0.05) is 11.8 Å². The van der Waals surface area contributed by atoms with Gasteiger partial charge in [-0.3, -0.25) is 0 Å². The summed E-state index contributed by atoms with van der Waals surface area (Å²) in [4.78, 5) is 0. The molecule has 3 saturated carbocycles. The quantitative estimate of drug-likeness (QED) is 0.479. The maximum absolute atomic E-state index is 12.1. The third-order valence-electron chi connectivity index (χ3n) is 10.9. The summed E-state index contributed by atoms with van der Waals surface area (Å²) in [6.07, 6.45) is 7.37. The number of hydrogen-bond acceptors (Lipinski definition) is 6. The Hall–Kier alpha value is -0.500. The molecule has 5 aliphatic rings. The van der Waals surface area contributed by atoms with Crippen molar-refractivity contribution in [3.05, 3.63) is 11.6 Å². The molecule has 6 nitrogen and oxygen atoms in total. The van der Waals surface area contributed by atoms with Gasteiger partial charge in [0.25, 0.3) is 0 Å². The smallest absolute Gasteiger partial charge is 0.161 e. The van der Waals surface area contributed by atoms with E-state index in [9.17, 15) is 20.4 Å². The van der Waals surface area contributed by atoms with Crippen molar-refractivity contribution in [1.82, 2.24) is 0 Å². The first-order valence-corrected chi connectivity index (χ1v) is 13.3. The lowest BCUT2D eigenvalue weighted by Crippen LogP contribution is -2.61. The minimum atomic E-state index is -0.857. The second kappa shape index (κ2) is 8.28. The number of rotatable bonds is 3. The molecule has 0 aromatic heterocycles. The third-order valence-corrected chi connectivity index (χ3v) is 10.9. The van der Waals surface area contributed by atoms with Crippen LogP contribution in [0.15, 0.2) is 11.6 Å². The number of aliphatic hydroxyl groups is 4. The van der Waals surface area contributed by atoms with Crippen LogP contribution in [0.2, 0.25) is 0 Å². The van der Waals surface area contributed by atoms with E-state index in [2.05, 4.69) is 19.9 Å². The van der Waals surface area contributed by atoms with Crippen LogP contribution in [-0.4, -0.2) is 62.8 Å². The molecule has 5 rings (SSSR count). The van der Waals surface area contributed by atoms with E-state index in [4.69, 9.17) is 9.47 Å². The Morgan fingerprint density at radius 3 is 2.55 bits per heavy atom. The molecular weight excluding hydrogens is 420 g/mol. The predicted octanol–water partition coefficient (Wildman–Crippen LogP) is 3.30. The number of allylic oxidation sites excluding steroid dienone is 1. The number of hydrogen-bond donors (Lipinski definition) is 4. The molecule has 0 aromatic rings. The summed E-state index contributed by atoms with van der Waals surface area (Å²) in [6, 6.07) is 0. The van der Waals surface area contributed by atoms with Crippen LogP contribution >= 0.6 is 0 Å². The fraction of sp³-hybridized carbons (Fsp3) is 0.926. The lowest BCUT2D eigenvalue weighted by molar-refractivity contribution is -0.262. The van der Waals surface area contributed by atoms with Crippen molar-refractivity contribution in [2.45, 2.75) is 128 Å². The SMILES string of the molecule is CC(O)C1CCC2(O)C3CC=C4CC(OC5CC(O)C(O)C(C)O5)CCC4(C)C3CCC12C. The zero-order valence-electron chi connectivity index (χ0n) is 20.7. The monoisotopic (exact) mass is 464 g/mol. The van der Waals surface area contributed by atoms with Gasteiger partial charge >= 0.3 is 0 Å². The summed E-state index contributed by atoms with van der Waals surface area (Å²) in [5, 5.41) is 42.6. The number of fused-ring (bicyclic) bond motifs is 5. The summed E-state index contributed by atoms with van der Waals surface area (Å²) < 4.78 is 12.1. The van der Waals surface area contributed by atoms with Gasteiger partial charge in [-0.05, 0) is 88.4 Å². The minimum Gasteiger partial charge on any atom is -0.393 e. The first-order valence-electron chi connectivity index (χ1n) is 13.3. The molecule has 0 amide bonds. The van der Waals surface area contributed by atoms with Crippen molar-refractivity contribution in [2.75, 3.05) is 0 Å². The first kappa shape index (κ1) is 24.2. The van der Waals surface area contributed by atoms with Crippen LogP contribution in [0.4, 0.5) is 0 Å². The van der Waals surface area contributed by atoms with Crippen LogP contribution in [0.5, 0.6) is 0 Å². The summed E-state index contributed by atoms with van der Waals surface area (Å²) in [5.74, 6) is 0.898. The van der Waals surface area contributed by atoms with Gasteiger partial charge in [-0.15, -0.1) is 0 Å². The highest BCUT2D eigenvalue weighted by molar-refractivity contribution is 5.28. The van der Waals surface area contributed by atoms with E-state index in [0.29, 0.717) is 12.3 Å². The second-order valence-electron chi connectivity index (χ2n) is 12.4. The van der Waals surface area contributed by atoms with E-state index in [0.717, 1.165) is 51.4 Å². The lowest BCUT2D eigenvalue weighted by Gasteiger charge is -2.61. The second-order valence-corrected chi connectivity index (χ2v) is 12.4. The Kier molecular flexibility index (Phi) is 6.07. The normalized spacial score (nSPS) is 55.2. The first-order chi connectivity index (χ1) is 15.5. The van der Waals surface area contributed by atoms with Gasteiger partial charge in [-0.1, -0.05) is 25.5 Å². The molecule has 188 valence electrons. The summed E-state index contributed by atoms with van der Waals surface area (Å²) in [5.41, 5.74) is 0.643. The fourth-order valence-corrected chi connectivity index (χ4v) is 8.85. The van der Waals surface area contributed by atoms with Crippen molar-refractivity contribution in [2.24, 2.45) is 28.6 Å². The molecule has 0 aromatic carbocycles. The van der Waals surface area contributed by atoms with Crippen LogP contribution in [0.1, 0.15) is 85.5 Å². The zero-order valence-corrected chi connectivity index (χ0v) is 20.7. The third kappa shape index (κ3) is 3.58. The Morgan fingerprint density at radius 2 is 1.85 bits per heavy atom. The van der Waals surface area contributed by atoms with Gasteiger partial charge in [-0.25, -0.2) is 0 Å². The van der Waals surface area contributed by atoms with Crippen LogP contribution < -0.4 is 0 Å². The lowest BCUT2D eigenvalue weighted by atomic mass is 9.45. The molecule has 1 saturated heterocycles. The van der Waals surface area contributed by atoms with Crippen LogP contribution in [-0.2, 0) is 9.47 Å². The highest BCUT2D eigenvalue weighted by Crippen LogP contribution is 2.68. The molecule has 0 radical (unpaired) electrons. The van der Waals surface area contributed by atoms with Gasteiger partial charge < -0.3 is 29.9 Å². The van der Waals surface area contributed by atoms with Gasteiger partial charge in [0.1, 0.15) is 6.10 Å². The zero-order chi connectivity index (χ0) is 23.8. The van der Waals surface area contributed by atoms with E-state index in [1.165, 1.54) is 5.57 Å². The molecule has 4 N–H and O–H groups in total. The molecule has 1 heterocycles. The Balaban J connectivity index is 1.31. The highest BCUT2D eigenvalue weighted by atomic mass is 16.7. The molecule has 0 spiro atoms. The topological polar surface area (TPSA) is 99.4 Å². The average molecular weight is 465 g/mol. The minimum absolute atomic E-state index is 0.0589. The van der Waals surface area contributed by atoms with Crippen LogP contribution in [0.3, 0.4) is 0 Å². The van der Waals surface area contributed by atoms with Crippen molar-refractivity contribution in [3.63, 3.8) is 0 Å². The van der Waals surface area contributed by atoms with Crippen LogP contribution in [0, 0.1) is 28.6 Å². The van der Waals surface area contributed by atoms with Crippen molar-refractivity contribution >= 4 is 0 Å². The average Bonchev–Trinajstić information content (AvgIpc) is 3.04. The molecular formula is C27H44O6. The maximum atomic E-state index is 12.1. The molecule has 33 heavy (non-hydrogen) atoms. The molecule has 4 fully saturated rings. The largest absolute Gasteiger partial charge is 0.393 e. The van der Waals surface area contributed by atoms with E-state index in [1.807, 2.05) is 6.92 Å². The van der Waals surface area contributed by atoms with Crippen molar-refractivity contribution in [3.8, 4) is 0 Å². The summed E-state index contributed by atoms with van der Waals surface area (Å²) in [7, 11) is 0. The molecule has 0 bridgehead atoms. The Labute approximate surface area is 198 Å². The Morgan fingerprint density at radius 1 is 1.09 bits per heavy atom. The van der Waals surface area contributed by atoms with Crippen molar-refractivity contribution in [1.29, 1.82) is 0 Å². The van der Waals surface area contributed by atoms with Crippen molar-refractivity contribution < 1.29 is 29.9 Å². The van der Waals surface area contributed by atoms with E-state index in [-0.39, 0.29) is 34.9 Å². The number of aliphatic hydroxyl groups excluding tert-OH is 3. The van der Waals surface area contributed by atoms with E-state index in [1.54, 1.807) is 6.92 Å². The fourth-order valence-electron chi connectivity index (χ4n) is 8.85. The highest BCUT2D eigenvalue weighted by Gasteiger charge is 2.66. The van der Waals surface area contributed by atoms with E-state index >= 15 is 0 Å². The number of ether oxygens (including phenoxy) is 2. The summed E-state index contributed by atoms with van der Waals surface area (Å²) in [6.45, 7) is 8.30. The van der Waals surface area contributed by atoms with Gasteiger partial charge in [-0.2, -0.15) is 0 Å². The summed E-state index contributed by atoms with van der Waals surface area (Å²) >= 11 is 0. The van der Waals surface area contributed by atoms with Gasteiger partial charge in [0.05, 0.1) is 30.0 Å².